The van der Waals surface area contributed by atoms with Gasteiger partial charge in [0.1, 0.15) is 0 Å². The van der Waals surface area contributed by atoms with Gasteiger partial charge in [-0.2, -0.15) is 5.10 Å². The Hall–Kier alpha value is -1.61. The van der Waals surface area contributed by atoms with Crippen molar-refractivity contribution in [2.75, 3.05) is 0 Å². The van der Waals surface area contributed by atoms with Crippen molar-refractivity contribution in [1.82, 2.24) is 15.1 Å². The molecule has 0 aliphatic rings. The van der Waals surface area contributed by atoms with Crippen LogP contribution in [0, 0.1) is 27.7 Å². The lowest BCUT2D eigenvalue weighted by molar-refractivity contribution is 0.683. The molecule has 0 aliphatic heterocycles. The summed E-state index contributed by atoms with van der Waals surface area (Å²) in [6.07, 6.45) is 0. The largest absolute Gasteiger partial charge is 0.308 e. The summed E-state index contributed by atoms with van der Waals surface area (Å²) in [5, 5.41) is 7.96. The number of aryl methyl sites for hydroxylation is 4. The fourth-order valence-corrected chi connectivity index (χ4v) is 2.58. The van der Waals surface area contributed by atoms with Crippen LogP contribution in [0.4, 0.5) is 0 Å². The van der Waals surface area contributed by atoms with Gasteiger partial charge in [0, 0.05) is 31.4 Å². The van der Waals surface area contributed by atoms with Crippen molar-refractivity contribution in [3.63, 3.8) is 0 Å². The van der Waals surface area contributed by atoms with E-state index in [0.29, 0.717) is 0 Å². The second kappa shape index (κ2) is 5.57. The van der Waals surface area contributed by atoms with Gasteiger partial charge in [0.15, 0.2) is 0 Å². The van der Waals surface area contributed by atoms with Crippen molar-refractivity contribution in [1.29, 1.82) is 0 Å². The molecule has 0 aliphatic carbocycles. The van der Waals surface area contributed by atoms with E-state index >= 15 is 0 Å². The maximum Gasteiger partial charge on any atom is 0.0641 e. The SMILES string of the molecule is Cc1cc(C)cc(CNCc2c(C)nn(C)c2C)c1. The Labute approximate surface area is 115 Å². The van der Waals surface area contributed by atoms with Crippen molar-refractivity contribution < 1.29 is 0 Å². The highest BCUT2D eigenvalue weighted by atomic mass is 15.3. The van der Waals surface area contributed by atoms with E-state index in [0.717, 1.165) is 18.8 Å². The molecule has 1 aromatic carbocycles. The summed E-state index contributed by atoms with van der Waals surface area (Å²) in [6, 6.07) is 6.69. The number of nitrogens with one attached hydrogen (secondary N) is 1. The predicted molar refractivity (Wildman–Crippen MR) is 79.1 cm³/mol. The summed E-state index contributed by atoms with van der Waals surface area (Å²) >= 11 is 0. The van der Waals surface area contributed by atoms with Gasteiger partial charge in [-0.15, -0.1) is 0 Å². The standard InChI is InChI=1S/C16H23N3/c1-11-6-12(2)8-15(7-11)9-17-10-16-13(3)18-19(5)14(16)4/h6-8,17H,9-10H2,1-5H3. The molecule has 102 valence electrons. The summed E-state index contributed by atoms with van der Waals surface area (Å²) in [6.45, 7) is 10.3. The van der Waals surface area contributed by atoms with Crippen LogP contribution in [0.15, 0.2) is 18.2 Å². The summed E-state index contributed by atoms with van der Waals surface area (Å²) in [7, 11) is 2.00. The van der Waals surface area contributed by atoms with Crippen LogP contribution in [0.3, 0.4) is 0 Å². The van der Waals surface area contributed by atoms with E-state index in [9.17, 15) is 0 Å². The van der Waals surface area contributed by atoms with E-state index < -0.39 is 0 Å². The topological polar surface area (TPSA) is 29.9 Å². The number of rotatable bonds is 4. The lowest BCUT2D eigenvalue weighted by Gasteiger charge is -2.08. The molecular weight excluding hydrogens is 234 g/mol. The Morgan fingerprint density at radius 3 is 2.16 bits per heavy atom. The molecule has 2 rings (SSSR count). The number of nitrogens with zero attached hydrogens (tertiary/aromatic N) is 2. The highest BCUT2D eigenvalue weighted by molar-refractivity contribution is 5.29. The van der Waals surface area contributed by atoms with Gasteiger partial charge in [0.2, 0.25) is 0 Å². The molecule has 0 amide bonds. The number of benzene rings is 1. The van der Waals surface area contributed by atoms with Crippen LogP contribution in [0.5, 0.6) is 0 Å². The summed E-state index contributed by atoms with van der Waals surface area (Å²) in [5.74, 6) is 0. The normalized spacial score (nSPS) is 11.0. The molecule has 0 saturated heterocycles. The molecule has 1 aromatic heterocycles. The maximum absolute atomic E-state index is 4.44. The van der Waals surface area contributed by atoms with Gasteiger partial charge in [-0.1, -0.05) is 29.3 Å². The molecule has 0 fully saturated rings. The first-order valence-corrected chi connectivity index (χ1v) is 6.74. The van der Waals surface area contributed by atoms with Gasteiger partial charge >= 0.3 is 0 Å². The Kier molecular flexibility index (Phi) is 4.05. The smallest absolute Gasteiger partial charge is 0.0641 e. The quantitative estimate of drug-likeness (QED) is 0.912. The zero-order valence-corrected chi connectivity index (χ0v) is 12.5. The highest BCUT2D eigenvalue weighted by Gasteiger charge is 2.08. The molecule has 0 radical (unpaired) electrons. The minimum Gasteiger partial charge on any atom is -0.308 e. The van der Waals surface area contributed by atoms with Crippen LogP contribution in [0.1, 0.15) is 33.6 Å². The predicted octanol–water partition coefficient (Wildman–Crippen LogP) is 2.94. The minimum atomic E-state index is 0.874. The molecule has 1 heterocycles. The van der Waals surface area contributed by atoms with E-state index in [2.05, 4.69) is 56.3 Å². The summed E-state index contributed by atoms with van der Waals surface area (Å²) in [4.78, 5) is 0. The van der Waals surface area contributed by atoms with E-state index in [1.807, 2.05) is 11.7 Å². The van der Waals surface area contributed by atoms with E-state index in [1.54, 1.807) is 0 Å². The van der Waals surface area contributed by atoms with Crippen molar-refractivity contribution in [2.45, 2.75) is 40.8 Å². The molecule has 0 unspecified atom stereocenters. The Morgan fingerprint density at radius 2 is 1.63 bits per heavy atom. The maximum atomic E-state index is 4.44. The van der Waals surface area contributed by atoms with Crippen LogP contribution in [-0.2, 0) is 20.1 Å². The molecule has 19 heavy (non-hydrogen) atoms. The third kappa shape index (κ3) is 3.24. The van der Waals surface area contributed by atoms with Crippen LogP contribution in [-0.4, -0.2) is 9.78 Å². The molecule has 3 nitrogen and oxygen atoms in total. The second-order valence-corrected chi connectivity index (χ2v) is 5.37. The van der Waals surface area contributed by atoms with E-state index in [-0.39, 0.29) is 0 Å². The highest BCUT2D eigenvalue weighted by Crippen LogP contribution is 2.12. The third-order valence-electron chi connectivity index (χ3n) is 3.57. The second-order valence-electron chi connectivity index (χ2n) is 5.37. The first kappa shape index (κ1) is 13.8. The van der Waals surface area contributed by atoms with Crippen molar-refractivity contribution in [3.8, 4) is 0 Å². The minimum absolute atomic E-state index is 0.874. The average molecular weight is 257 g/mol. The van der Waals surface area contributed by atoms with Gasteiger partial charge in [0.05, 0.1) is 5.69 Å². The zero-order valence-electron chi connectivity index (χ0n) is 12.5. The van der Waals surface area contributed by atoms with Crippen LogP contribution in [0.2, 0.25) is 0 Å². The van der Waals surface area contributed by atoms with E-state index in [4.69, 9.17) is 0 Å². The number of hydrogen-bond donors (Lipinski definition) is 1. The van der Waals surface area contributed by atoms with Gasteiger partial charge < -0.3 is 5.32 Å². The molecule has 3 heteroatoms. The van der Waals surface area contributed by atoms with Crippen LogP contribution < -0.4 is 5.32 Å². The molecule has 0 atom stereocenters. The molecule has 1 N–H and O–H groups in total. The Morgan fingerprint density at radius 1 is 1.00 bits per heavy atom. The molecular formula is C16H23N3. The van der Waals surface area contributed by atoms with Crippen molar-refractivity contribution >= 4 is 0 Å². The number of aromatic nitrogens is 2. The number of hydrogen-bond acceptors (Lipinski definition) is 2. The summed E-state index contributed by atoms with van der Waals surface area (Å²) < 4.78 is 1.95. The monoisotopic (exact) mass is 257 g/mol. The lowest BCUT2D eigenvalue weighted by Crippen LogP contribution is -2.14. The average Bonchev–Trinajstić information content (AvgIpc) is 2.54. The van der Waals surface area contributed by atoms with Gasteiger partial charge in [0.25, 0.3) is 0 Å². The van der Waals surface area contributed by atoms with Gasteiger partial charge in [-0.3, -0.25) is 4.68 Å². The van der Waals surface area contributed by atoms with Crippen LogP contribution >= 0.6 is 0 Å². The fraction of sp³-hybridized carbons (Fsp3) is 0.438. The summed E-state index contributed by atoms with van der Waals surface area (Å²) in [5.41, 5.74) is 7.66. The first-order valence-electron chi connectivity index (χ1n) is 6.74. The molecule has 0 bridgehead atoms. The fourth-order valence-electron chi connectivity index (χ4n) is 2.58. The molecule has 2 aromatic rings. The third-order valence-corrected chi connectivity index (χ3v) is 3.57. The van der Waals surface area contributed by atoms with Crippen molar-refractivity contribution in [2.24, 2.45) is 7.05 Å². The van der Waals surface area contributed by atoms with Crippen LogP contribution in [0.25, 0.3) is 0 Å². The Bertz CT molecular complexity index is 562. The van der Waals surface area contributed by atoms with Crippen molar-refractivity contribution in [3.05, 3.63) is 51.8 Å². The van der Waals surface area contributed by atoms with E-state index in [1.165, 1.54) is 27.9 Å². The lowest BCUT2D eigenvalue weighted by atomic mass is 10.1. The van der Waals surface area contributed by atoms with Gasteiger partial charge in [-0.05, 0) is 33.3 Å². The molecule has 0 spiro atoms. The Balaban J connectivity index is 2.00. The zero-order chi connectivity index (χ0) is 14.0. The first-order chi connectivity index (χ1) is 8.97. The van der Waals surface area contributed by atoms with Gasteiger partial charge in [-0.25, -0.2) is 0 Å². The molecule has 0 saturated carbocycles.